The van der Waals surface area contributed by atoms with E-state index in [0.717, 1.165) is 39.1 Å². The second-order valence-electron chi connectivity index (χ2n) is 13.7. The Balaban J connectivity index is 1.31. The van der Waals surface area contributed by atoms with Gasteiger partial charge in [-0.05, 0) is 71.9 Å². The zero-order chi connectivity index (χ0) is 33.4. The van der Waals surface area contributed by atoms with E-state index in [4.69, 9.17) is 9.47 Å². The molecule has 8 rings (SSSR count). The molecule has 1 saturated heterocycles. The van der Waals surface area contributed by atoms with Gasteiger partial charge in [-0.3, -0.25) is 19.4 Å². The van der Waals surface area contributed by atoms with Gasteiger partial charge in [-0.1, -0.05) is 79.8 Å². The van der Waals surface area contributed by atoms with Gasteiger partial charge >= 0.3 is 0 Å². The molecular weight excluding hydrogens is 617 g/mol. The third kappa shape index (κ3) is 4.19. The van der Waals surface area contributed by atoms with E-state index < -0.39 is 13.7 Å². The second-order valence-corrected chi connectivity index (χ2v) is 18.4. The zero-order valence-corrected chi connectivity index (χ0v) is 28.5. The molecule has 0 radical (unpaired) electrons. The molecule has 3 aliphatic heterocycles. The van der Waals surface area contributed by atoms with E-state index in [0.29, 0.717) is 17.7 Å². The summed E-state index contributed by atoms with van der Waals surface area (Å²) in [5.41, 5.74) is 3.13. The lowest BCUT2D eigenvalue weighted by molar-refractivity contribution is -0.145. The van der Waals surface area contributed by atoms with Gasteiger partial charge in [0.05, 0.1) is 38.2 Å². The van der Waals surface area contributed by atoms with Crippen molar-refractivity contribution in [3.05, 3.63) is 120 Å². The molecule has 0 saturated carbocycles. The van der Waals surface area contributed by atoms with E-state index in [-0.39, 0.29) is 36.0 Å². The van der Waals surface area contributed by atoms with Gasteiger partial charge in [0.1, 0.15) is 5.75 Å². The Morgan fingerprint density at radius 2 is 1.56 bits per heavy atom. The fraction of sp³-hybridized carbons (Fsp3) is 0.250. The average Bonchev–Trinajstić information content (AvgIpc) is 3.66. The minimum Gasteiger partial charge on any atom is -0.497 e. The first-order valence-corrected chi connectivity index (χ1v) is 19.6. The average molecular weight is 655 g/mol. The number of methoxy groups -OCH3 is 1. The number of carbonyl (C=O) groups excluding carboxylic acids is 2. The van der Waals surface area contributed by atoms with Crippen LogP contribution in [0.25, 0.3) is 10.8 Å². The molecule has 1 spiro atoms. The maximum absolute atomic E-state index is 15.1. The minimum atomic E-state index is -2.34. The highest BCUT2D eigenvalue weighted by Crippen LogP contribution is 2.61. The number of amides is 2. The molecule has 5 aromatic carbocycles. The van der Waals surface area contributed by atoms with Crippen molar-refractivity contribution in [3.63, 3.8) is 0 Å². The molecule has 3 heterocycles. The number of nitrogens with zero attached hydrogens (tertiary/aromatic N) is 2. The maximum atomic E-state index is 15.1. The number of fused-ring (bicyclic) bond motifs is 2. The molecule has 5 aromatic rings. The van der Waals surface area contributed by atoms with Gasteiger partial charge in [0.25, 0.3) is 11.8 Å². The lowest BCUT2D eigenvalue weighted by Gasteiger charge is -2.37. The zero-order valence-electron chi connectivity index (χ0n) is 27.5. The minimum absolute atomic E-state index is 0.000598. The summed E-state index contributed by atoms with van der Waals surface area (Å²) in [6.45, 7) is 6.75. The molecule has 4 atom stereocenters. The predicted molar refractivity (Wildman–Crippen MR) is 192 cm³/mol. The Morgan fingerprint density at radius 3 is 2.27 bits per heavy atom. The van der Waals surface area contributed by atoms with Gasteiger partial charge in [0.15, 0.2) is 5.60 Å². The Labute approximate surface area is 281 Å². The maximum Gasteiger partial charge on any atom is 0.268 e. The molecule has 8 heteroatoms. The van der Waals surface area contributed by atoms with E-state index in [9.17, 15) is 9.90 Å². The fourth-order valence-corrected chi connectivity index (χ4v) is 12.8. The van der Waals surface area contributed by atoms with E-state index in [1.807, 2.05) is 97.1 Å². The first-order chi connectivity index (χ1) is 23.2. The molecule has 242 valence electrons. The summed E-state index contributed by atoms with van der Waals surface area (Å²) in [7, 11) is -0.681. The van der Waals surface area contributed by atoms with Crippen molar-refractivity contribution in [2.45, 2.75) is 43.7 Å². The second kappa shape index (κ2) is 11.2. The topological polar surface area (TPSA) is 79.3 Å². The summed E-state index contributed by atoms with van der Waals surface area (Å²) in [4.78, 5) is 32.7. The van der Waals surface area contributed by atoms with Crippen LogP contribution in [-0.2, 0) is 15.1 Å². The highest BCUT2D eigenvalue weighted by molar-refractivity contribution is 6.91. The number of ether oxygens (including phenoxy) is 2. The summed E-state index contributed by atoms with van der Waals surface area (Å²) in [5, 5.41) is 13.5. The van der Waals surface area contributed by atoms with Crippen molar-refractivity contribution in [2.24, 2.45) is 5.92 Å². The summed E-state index contributed by atoms with van der Waals surface area (Å²) in [5.74, 6) is 0.326. The molecule has 0 bridgehead atoms. The lowest BCUT2D eigenvalue weighted by Crippen LogP contribution is -2.51. The number of hydrogen-bond donors (Lipinski definition) is 1. The SMILES string of the molecule is COc1ccc([Si](C)(C)[C@H]2[C@H](CCO)O[C@@]3(C(=O)N(c4ccccc4)c4ccc(N5C(=O)c6cccc7cccc5c67)cc43)[C@@H]2C)cc1. The summed E-state index contributed by atoms with van der Waals surface area (Å²) >= 11 is 0. The van der Waals surface area contributed by atoms with Gasteiger partial charge in [-0.25, -0.2) is 0 Å². The fourth-order valence-electron chi connectivity index (χ4n) is 8.77. The molecule has 48 heavy (non-hydrogen) atoms. The number of para-hydroxylation sites is 1. The van der Waals surface area contributed by atoms with Crippen LogP contribution >= 0.6 is 0 Å². The third-order valence-corrected chi connectivity index (χ3v) is 15.3. The van der Waals surface area contributed by atoms with Gasteiger partial charge < -0.3 is 14.6 Å². The molecule has 1 fully saturated rings. The number of aliphatic hydroxyl groups is 1. The molecule has 0 aliphatic carbocycles. The van der Waals surface area contributed by atoms with Crippen LogP contribution in [0.2, 0.25) is 18.6 Å². The Morgan fingerprint density at radius 1 is 0.833 bits per heavy atom. The van der Waals surface area contributed by atoms with Crippen molar-refractivity contribution >= 4 is 58.6 Å². The number of anilines is 4. The van der Waals surface area contributed by atoms with Gasteiger partial charge in [-0.15, -0.1) is 0 Å². The largest absolute Gasteiger partial charge is 0.497 e. The van der Waals surface area contributed by atoms with Crippen molar-refractivity contribution in [1.82, 2.24) is 0 Å². The number of hydrogen-bond acceptors (Lipinski definition) is 5. The first-order valence-electron chi connectivity index (χ1n) is 16.6. The quantitative estimate of drug-likeness (QED) is 0.185. The number of carbonyl (C=O) groups is 2. The van der Waals surface area contributed by atoms with Crippen LogP contribution < -0.4 is 19.7 Å². The number of benzene rings is 5. The Bertz CT molecular complexity index is 2080. The molecule has 0 unspecified atom stereocenters. The Hall–Kier alpha value is -4.76. The third-order valence-electron chi connectivity index (χ3n) is 11.0. The molecule has 7 nitrogen and oxygen atoms in total. The summed E-state index contributed by atoms with van der Waals surface area (Å²) in [6.07, 6.45) is 0.0650. The smallest absolute Gasteiger partial charge is 0.268 e. The molecule has 3 aliphatic rings. The molecular formula is C40H38N2O5Si. The molecule has 0 aromatic heterocycles. The number of rotatable bonds is 7. The summed E-state index contributed by atoms with van der Waals surface area (Å²) < 4.78 is 12.6. The van der Waals surface area contributed by atoms with Crippen molar-refractivity contribution < 1.29 is 24.2 Å². The van der Waals surface area contributed by atoms with Crippen LogP contribution in [0, 0.1) is 5.92 Å². The van der Waals surface area contributed by atoms with Crippen LogP contribution in [0.5, 0.6) is 5.75 Å². The van der Waals surface area contributed by atoms with Gasteiger partial charge in [0.2, 0.25) is 0 Å². The van der Waals surface area contributed by atoms with E-state index >= 15 is 4.79 Å². The van der Waals surface area contributed by atoms with Crippen molar-refractivity contribution in [1.29, 1.82) is 0 Å². The van der Waals surface area contributed by atoms with Gasteiger partial charge in [0, 0.05) is 34.8 Å². The summed E-state index contributed by atoms with van der Waals surface area (Å²) in [6, 6.07) is 35.6. The standard InChI is InChI=1S/C40H38N2O5Si/c1-25-37(48(3,4)30-19-17-29(46-2)18-20-30)35(22-23-43)47-40(25)32-24-28(16-21-33(32)42(39(40)45)27-12-6-5-7-13-27)41-34-15-9-11-26-10-8-14-31(36(26)34)38(41)44/h5-21,24-25,35,37,43H,22-23H2,1-4H3/t25-,35+,37-,40+/m1/s1. The van der Waals surface area contributed by atoms with Crippen LogP contribution in [-0.4, -0.2) is 44.8 Å². The highest BCUT2D eigenvalue weighted by Gasteiger charge is 2.66. The first kappa shape index (κ1) is 30.6. The van der Waals surface area contributed by atoms with Crippen molar-refractivity contribution in [3.8, 4) is 5.75 Å². The van der Waals surface area contributed by atoms with E-state index in [1.54, 1.807) is 16.9 Å². The highest BCUT2D eigenvalue weighted by atomic mass is 28.3. The van der Waals surface area contributed by atoms with Crippen LogP contribution in [0.1, 0.15) is 29.3 Å². The van der Waals surface area contributed by atoms with Crippen LogP contribution in [0.15, 0.2) is 109 Å². The van der Waals surface area contributed by atoms with Gasteiger partial charge in [-0.2, -0.15) is 0 Å². The normalized spacial score (nSPS) is 23.1. The van der Waals surface area contributed by atoms with Crippen molar-refractivity contribution in [2.75, 3.05) is 23.5 Å². The van der Waals surface area contributed by atoms with Crippen LogP contribution in [0.3, 0.4) is 0 Å². The van der Waals surface area contributed by atoms with E-state index in [2.05, 4.69) is 32.2 Å². The predicted octanol–water partition coefficient (Wildman–Crippen LogP) is 7.42. The number of aliphatic hydroxyl groups excluding tert-OH is 1. The van der Waals surface area contributed by atoms with E-state index in [1.165, 1.54) is 5.19 Å². The molecule has 1 N–H and O–H groups in total. The molecule has 2 amide bonds. The lowest BCUT2D eigenvalue weighted by atomic mass is 9.82. The monoisotopic (exact) mass is 654 g/mol. The Kier molecular flexibility index (Phi) is 7.10. The van der Waals surface area contributed by atoms with Crippen LogP contribution in [0.4, 0.5) is 22.7 Å².